The van der Waals surface area contributed by atoms with Gasteiger partial charge >= 0.3 is 6.03 Å². The van der Waals surface area contributed by atoms with Crippen LogP contribution >= 0.6 is 23.2 Å². The van der Waals surface area contributed by atoms with E-state index in [1.165, 1.54) is 17.6 Å². The highest BCUT2D eigenvalue weighted by Crippen LogP contribution is 2.29. The van der Waals surface area contributed by atoms with Gasteiger partial charge in [0.15, 0.2) is 0 Å². The summed E-state index contributed by atoms with van der Waals surface area (Å²) in [6.45, 7) is 0. The summed E-state index contributed by atoms with van der Waals surface area (Å²) < 4.78 is 0. The molecule has 4 N–H and O–H groups in total. The predicted octanol–water partition coefficient (Wildman–Crippen LogP) is 1.72. The number of phenolic OH excluding ortho intramolecular Hbond substituents is 1. The van der Waals surface area contributed by atoms with Gasteiger partial charge in [-0.05, 0) is 12.1 Å². The van der Waals surface area contributed by atoms with Crippen molar-refractivity contribution >= 4 is 35.4 Å². The fraction of sp³-hybridized carbons (Fsp3) is 0. The Balaban J connectivity index is 2.85. The first-order valence-electron chi connectivity index (χ1n) is 3.95. The van der Waals surface area contributed by atoms with Crippen LogP contribution in [0.15, 0.2) is 17.2 Å². The Morgan fingerprint density at radius 2 is 2.12 bits per heavy atom. The standard InChI is InChI=1S/C8H7Cl2N3O3/c9-5-1-4(7(14)6(10)2-5)3-11-12-8(15)13-16/h1-3,14,16H,(H2,12,13,15). The van der Waals surface area contributed by atoms with Crippen LogP contribution in [-0.4, -0.2) is 22.6 Å². The fourth-order valence-electron chi connectivity index (χ4n) is 0.870. The van der Waals surface area contributed by atoms with Crippen LogP contribution < -0.4 is 10.9 Å². The highest BCUT2D eigenvalue weighted by molar-refractivity contribution is 6.36. The average molecular weight is 264 g/mol. The van der Waals surface area contributed by atoms with Gasteiger partial charge < -0.3 is 5.11 Å². The highest BCUT2D eigenvalue weighted by Gasteiger charge is 2.05. The van der Waals surface area contributed by atoms with Crippen molar-refractivity contribution in [3.8, 4) is 5.75 Å². The zero-order chi connectivity index (χ0) is 12.1. The van der Waals surface area contributed by atoms with E-state index >= 15 is 0 Å². The monoisotopic (exact) mass is 263 g/mol. The molecule has 0 saturated heterocycles. The maximum absolute atomic E-state index is 10.5. The lowest BCUT2D eigenvalue weighted by Crippen LogP contribution is -2.29. The largest absolute Gasteiger partial charge is 0.506 e. The van der Waals surface area contributed by atoms with Crippen molar-refractivity contribution in [1.29, 1.82) is 0 Å². The van der Waals surface area contributed by atoms with E-state index in [4.69, 9.17) is 28.4 Å². The molecule has 0 spiro atoms. The molecular formula is C8H7Cl2N3O3. The number of benzene rings is 1. The van der Waals surface area contributed by atoms with Crippen LogP contribution in [0.25, 0.3) is 0 Å². The second-order valence-electron chi connectivity index (χ2n) is 2.64. The molecule has 1 rings (SSSR count). The van der Waals surface area contributed by atoms with E-state index < -0.39 is 6.03 Å². The summed E-state index contributed by atoms with van der Waals surface area (Å²) in [5.74, 6) is -0.207. The molecule has 16 heavy (non-hydrogen) atoms. The van der Waals surface area contributed by atoms with Crippen LogP contribution in [0.3, 0.4) is 0 Å². The third-order valence-corrected chi connectivity index (χ3v) is 2.04. The maximum atomic E-state index is 10.5. The van der Waals surface area contributed by atoms with Gasteiger partial charge in [-0.15, -0.1) is 0 Å². The van der Waals surface area contributed by atoms with E-state index in [1.54, 1.807) is 0 Å². The molecule has 1 aromatic rings. The molecule has 86 valence electrons. The summed E-state index contributed by atoms with van der Waals surface area (Å²) in [4.78, 5) is 10.5. The Kier molecular flexibility index (Phi) is 4.36. The van der Waals surface area contributed by atoms with E-state index in [0.29, 0.717) is 5.02 Å². The number of aromatic hydroxyl groups is 1. The number of urea groups is 1. The molecule has 0 fully saturated rings. The maximum Gasteiger partial charge on any atom is 0.358 e. The van der Waals surface area contributed by atoms with Crippen LogP contribution in [0.2, 0.25) is 10.0 Å². The number of carbonyl (C=O) groups excluding carboxylic acids is 1. The van der Waals surface area contributed by atoms with Gasteiger partial charge in [-0.2, -0.15) is 5.10 Å². The number of hydrogen-bond acceptors (Lipinski definition) is 4. The molecule has 0 aliphatic carbocycles. The summed E-state index contributed by atoms with van der Waals surface area (Å²) in [5, 5.41) is 21.4. The van der Waals surface area contributed by atoms with Crippen LogP contribution in [-0.2, 0) is 0 Å². The SMILES string of the molecule is O=C(NO)NN=Cc1cc(Cl)cc(Cl)c1O. The number of hydrogen-bond donors (Lipinski definition) is 4. The summed E-state index contributed by atoms with van der Waals surface area (Å²) in [5.41, 5.74) is 3.46. The Morgan fingerprint density at radius 1 is 1.44 bits per heavy atom. The summed E-state index contributed by atoms with van der Waals surface area (Å²) >= 11 is 11.3. The Bertz CT molecular complexity index is 437. The molecule has 0 heterocycles. The molecule has 0 aromatic heterocycles. The first-order chi connectivity index (χ1) is 7.54. The number of nitrogens with zero attached hydrogens (tertiary/aromatic N) is 1. The molecule has 0 bridgehead atoms. The summed E-state index contributed by atoms with van der Waals surface area (Å²) in [6, 6.07) is 1.86. The topological polar surface area (TPSA) is 94.0 Å². The number of hydroxylamine groups is 1. The van der Waals surface area contributed by atoms with Crippen LogP contribution in [0.1, 0.15) is 5.56 Å². The first-order valence-corrected chi connectivity index (χ1v) is 4.71. The van der Waals surface area contributed by atoms with E-state index in [1.807, 2.05) is 5.43 Å². The number of halogens is 2. The van der Waals surface area contributed by atoms with E-state index in [2.05, 4.69) is 5.10 Å². The van der Waals surface area contributed by atoms with E-state index in [-0.39, 0.29) is 16.3 Å². The fourth-order valence-corrected chi connectivity index (χ4v) is 1.38. The number of phenols is 1. The number of nitrogens with one attached hydrogen (secondary N) is 2. The minimum absolute atomic E-state index is 0.0700. The average Bonchev–Trinajstić information content (AvgIpc) is 2.24. The van der Waals surface area contributed by atoms with E-state index in [9.17, 15) is 9.90 Å². The summed E-state index contributed by atoms with van der Waals surface area (Å²) in [7, 11) is 0. The van der Waals surface area contributed by atoms with Crippen LogP contribution in [0.5, 0.6) is 5.75 Å². The number of hydrazone groups is 1. The summed E-state index contributed by atoms with van der Waals surface area (Å²) in [6.07, 6.45) is 1.13. The molecule has 2 amide bonds. The number of carbonyl (C=O) groups is 1. The van der Waals surface area contributed by atoms with Gasteiger partial charge in [0.05, 0.1) is 11.2 Å². The van der Waals surface area contributed by atoms with Crippen molar-refractivity contribution in [2.45, 2.75) is 0 Å². The van der Waals surface area contributed by atoms with Crippen molar-refractivity contribution in [3.63, 3.8) is 0 Å². The molecule has 0 aliphatic heterocycles. The molecule has 8 heteroatoms. The second-order valence-corrected chi connectivity index (χ2v) is 3.48. The smallest absolute Gasteiger partial charge is 0.358 e. The van der Waals surface area contributed by atoms with Crippen LogP contribution in [0.4, 0.5) is 4.79 Å². The van der Waals surface area contributed by atoms with Gasteiger partial charge in [0, 0.05) is 10.6 Å². The van der Waals surface area contributed by atoms with Gasteiger partial charge in [0.1, 0.15) is 5.75 Å². The number of amides is 2. The quantitative estimate of drug-likeness (QED) is 0.372. The zero-order valence-corrected chi connectivity index (χ0v) is 9.25. The Labute approximate surface area is 100 Å². The van der Waals surface area contributed by atoms with Gasteiger partial charge in [0.25, 0.3) is 0 Å². The van der Waals surface area contributed by atoms with Crippen molar-refractivity contribution in [2.24, 2.45) is 5.10 Å². The lowest BCUT2D eigenvalue weighted by Gasteiger charge is -2.02. The lowest BCUT2D eigenvalue weighted by atomic mass is 10.2. The van der Waals surface area contributed by atoms with E-state index in [0.717, 1.165) is 6.21 Å². The van der Waals surface area contributed by atoms with Gasteiger partial charge in [-0.25, -0.2) is 15.7 Å². The minimum Gasteiger partial charge on any atom is -0.506 e. The highest BCUT2D eigenvalue weighted by atomic mass is 35.5. The Hall–Kier alpha value is -1.50. The number of rotatable bonds is 2. The third-order valence-electron chi connectivity index (χ3n) is 1.53. The molecule has 0 unspecified atom stereocenters. The molecule has 0 saturated carbocycles. The van der Waals surface area contributed by atoms with Crippen molar-refractivity contribution in [2.75, 3.05) is 0 Å². The van der Waals surface area contributed by atoms with Crippen molar-refractivity contribution in [1.82, 2.24) is 10.9 Å². The molecular weight excluding hydrogens is 257 g/mol. The first kappa shape index (κ1) is 12.6. The minimum atomic E-state index is -0.913. The second kappa shape index (κ2) is 5.55. The normalized spacial score (nSPS) is 10.4. The van der Waals surface area contributed by atoms with Gasteiger partial charge in [-0.1, -0.05) is 23.2 Å². The molecule has 1 aromatic carbocycles. The van der Waals surface area contributed by atoms with Crippen molar-refractivity contribution < 1.29 is 15.1 Å². The van der Waals surface area contributed by atoms with Gasteiger partial charge in [-0.3, -0.25) is 5.21 Å². The molecule has 6 nitrogen and oxygen atoms in total. The molecule has 0 atom stereocenters. The molecule has 0 radical (unpaired) electrons. The van der Waals surface area contributed by atoms with Crippen molar-refractivity contribution in [3.05, 3.63) is 27.7 Å². The Morgan fingerprint density at radius 3 is 2.75 bits per heavy atom. The zero-order valence-electron chi connectivity index (χ0n) is 7.74. The third kappa shape index (κ3) is 3.27. The lowest BCUT2D eigenvalue weighted by molar-refractivity contribution is 0.162. The molecule has 0 aliphatic rings. The predicted molar refractivity (Wildman–Crippen MR) is 59.2 cm³/mol. The van der Waals surface area contributed by atoms with Gasteiger partial charge in [0.2, 0.25) is 0 Å². The van der Waals surface area contributed by atoms with Crippen LogP contribution in [0, 0.1) is 0 Å².